The first-order valence-electron chi connectivity index (χ1n) is 6.29. The standard InChI is InChI=1S/C14H22N2O/c1-16-8-6-11(7-9-16)14(15)12-4-3-5-13(10-12)17-2/h3-5,10-11,14H,6-9,15H2,1-2H3. The summed E-state index contributed by atoms with van der Waals surface area (Å²) < 4.78 is 5.25. The highest BCUT2D eigenvalue weighted by atomic mass is 16.5. The maximum Gasteiger partial charge on any atom is 0.119 e. The maximum atomic E-state index is 6.36. The molecular formula is C14H22N2O. The fourth-order valence-electron chi connectivity index (χ4n) is 2.51. The molecule has 0 aliphatic carbocycles. The molecule has 2 rings (SSSR count). The SMILES string of the molecule is COc1cccc(C(N)C2CCN(C)CC2)c1. The van der Waals surface area contributed by atoms with Crippen LogP contribution in [0.5, 0.6) is 5.75 Å². The molecule has 0 spiro atoms. The van der Waals surface area contributed by atoms with Crippen molar-refractivity contribution in [3.63, 3.8) is 0 Å². The molecule has 94 valence electrons. The second-order valence-corrected chi connectivity index (χ2v) is 4.94. The molecule has 1 fully saturated rings. The van der Waals surface area contributed by atoms with Crippen molar-refractivity contribution < 1.29 is 4.74 Å². The first-order valence-corrected chi connectivity index (χ1v) is 6.29. The fraction of sp³-hybridized carbons (Fsp3) is 0.571. The molecule has 1 aromatic rings. The number of nitrogens with zero attached hydrogens (tertiary/aromatic N) is 1. The molecule has 0 aromatic heterocycles. The Morgan fingerprint density at radius 2 is 2.06 bits per heavy atom. The van der Waals surface area contributed by atoms with Gasteiger partial charge < -0.3 is 15.4 Å². The molecule has 0 saturated carbocycles. The summed E-state index contributed by atoms with van der Waals surface area (Å²) in [6, 6.07) is 8.28. The van der Waals surface area contributed by atoms with Gasteiger partial charge in [0.15, 0.2) is 0 Å². The number of methoxy groups -OCH3 is 1. The van der Waals surface area contributed by atoms with Crippen LogP contribution in [-0.4, -0.2) is 32.1 Å². The Kier molecular flexibility index (Phi) is 4.02. The van der Waals surface area contributed by atoms with E-state index in [4.69, 9.17) is 10.5 Å². The van der Waals surface area contributed by atoms with Crippen LogP contribution >= 0.6 is 0 Å². The van der Waals surface area contributed by atoms with Gasteiger partial charge in [-0.25, -0.2) is 0 Å². The van der Waals surface area contributed by atoms with Crippen LogP contribution in [-0.2, 0) is 0 Å². The zero-order valence-corrected chi connectivity index (χ0v) is 10.7. The van der Waals surface area contributed by atoms with Crippen LogP contribution in [0.25, 0.3) is 0 Å². The number of ether oxygens (including phenoxy) is 1. The minimum atomic E-state index is 0.138. The summed E-state index contributed by atoms with van der Waals surface area (Å²) in [5, 5.41) is 0. The minimum absolute atomic E-state index is 0.138. The van der Waals surface area contributed by atoms with Crippen LogP contribution in [0.2, 0.25) is 0 Å². The van der Waals surface area contributed by atoms with E-state index in [0.29, 0.717) is 5.92 Å². The van der Waals surface area contributed by atoms with E-state index in [2.05, 4.69) is 24.1 Å². The summed E-state index contributed by atoms with van der Waals surface area (Å²) in [5.74, 6) is 1.49. The number of likely N-dealkylation sites (tertiary alicyclic amines) is 1. The Bertz CT molecular complexity index is 359. The lowest BCUT2D eigenvalue weighted by atomic mass is 9.86. The molecule has 17 heavy (non-hydrogen) atoms. The van der Waals surface area contributed by atoms with Crippen LogP contribution in [0.4, 0.5) is 0 Å². The Hall–Kier alpha value is -1.06. The van der Waals surface area contributed by atoms with Crippen LogP contribution in [0.15, 0.2) is 24.3 Å². The highest BCUT2D eigenvalue weighted by Crippen LogP contribution is 2.29. The smallest absolute Gasteiger partial charge is 0.119 e. The quantitative estimate of drug-likeness (QED) is 0.869. The van der Waals surface area contributed by atoms with E-state index in [1.165, 1.54) is 18.4 Å². The number of nitrogens with two attached hydrogens (primary N) is 1. The van der Waals surface area contributed by atoms with Crippen LogP contribution in [0.1, 0.15) is 24.4 Å². The normalized spacial score (nSPS) is 20.2. The molecule has 0 bridgehead atoms. The lowest BCUT2D eigenvalue weighted by Gasteiger charge is -2.32. The number of hydrogen-bond donors (Lipinski definition) is 1. The first kappa shape index (κ1) is 12.4. The summed E-state index contributed by atoms with van der Waals surface area (Å²) in [4.78, 5) is 2.37. The molecule has 0 radical (unpaired) electrons. The highest BCUT2D eigenvalue weighted by Gasteiger charge is 2.23. The zero-order valence-electron chi connectivity index (χ0n) is 10.7. The molecule has 3 heteroatoms. The predicted octanol–water partition coefficient (Wildman–Crippen LogP) is 2.04. The van der Waals surface area contributed by atoms with Crippen molar-refractivity contribution >= 4 is 0 Å². The van der Waals surface area contributed by atoms with Crippen molar-refractivity contribution in [2.24, 2.45) is 11.7 Å². The molecule has 1 unspecified atom stereocenters. The van der Waals surface area contributed by atoms with Crippen molar-refractivity contribution in [1.82, 2.24) is 4.90 Å². The summed E-state index contributed by atoms with van der Waals surface area (Å²) in [6.07, 6.45) is 2.38. The van der Waals surface area contributed by atoms with E-state index in [0.717, 1.165) is 18.8 Å². The summed E-state index contributed by atoms with van der Waals surface area (Å²) in [6.45, 7) is 2.31. The minimum Gasteiger partial charge on any atom is -0.497 e. The number of rotatable bonds is 3. The monoisotopic (exact) mass is 234 g/mol. The van der Waals surface area contributed by atoms with Gasteiger partial charge in [-0.2, -0.15) is 0 Å². The number of benzene rings is 1. The van der Waals surface area contributed by atoms with Gasteiger partial charge in [0.2, 0.25) is 0 Å². The van der Waals surface area contributed by atoms with Gasteiger partial charge >= 0.3 is 0 Å². The van der Waals surface area contributed by atoms with Crippen molar-refractivity contribution in [1.29, 1.82) is 0 Å². The summed E-state index contributed by atoms with van der Waals surface area (Å²) >= 11 is 0. The third kappa shape index (κ3) is 2.99. The van der Waals surface area contributed by atoms with Gasteiger partial charge in [-0.05, 0) is 56.6 Å². The Labute approximate surface area is 104 Å². The molecule has 1 aliphatic rings. The second kappa shape index (κ2) is 5.52. The van der Waals surface area contributed by atoms with E-state index < -0.39 is 0 Å². The molecule has 1 saturated heterocycles. The van der Waals surface area contributed by atoms with Crippen LogP contribution < -0.4 is 10.5 Å². The van der Waals surface area contributed by atoms with Crippen molar-refractivity contribution in [2.45, 2.75) is 18.9 Å². The maximum absolute atomic E-state index is 6.36. The van der Waals surface area contributed by atoms with Gasteiger partial charge in [-0.1, -0.05) is 12.1 Å². The van der Waals surface area contributed by atoms with E-state index in [-0.39, 0.29) is 6.04 Å². The van der Waals surface area contributed by atoms with Gasteiger partial charge in [-0.3, -0.25) is 0 Å². The van der Waals surface area contributed by atoms with E-state index in [1.807, 2.05) is 12.1 Å². The van der Waals surface area contributed by atoms with Gasteiger partial charge in [0.05, 0.1) is 7.11 Å². The second-order valence-electron chi connectivity index (χ2n) is 4.94. The van der Waals surface area contributed by atoms with E-state index in [1.54, 1.807) is 7.11 Å². The first-order chi connectivity index (χ1) is 8.20. The van der Waals surface area contributed by atoms with Crippen molar-refractivity contribution in [3.05, 3.63) is 29.8 Å². The topological polar surface area (TPSA) is 38.5 Å². The Balaban J connectivity index is 2.05. The van der Waals surface area contributed by atoms with Gasteiger partial charge in [0.25, 0.3) is 0 Å². The van der Waals surface area contributed by atoms with E-state index >= 15 is 0 Å². The van der Waals surface area contributed by atoms with Crippen LogP contribution in [0, 0.1) is 5.92 Å². The molecule has 1 aliphatic heterocycles. The lowest BCUT2D eigenvalue weighted by molar-refractivity contribution is 0.199. The third-order valence-electron chi connectivity index (χ3n) is 3.75. The number of hydrogen-bond acceptors (Lipinski definition) is 3. The average Bonchev–Trinajstić information content (AvgIpc) is 2.39. The Morgan fingerprint density at radius 3 is 2.71 bits per heavy atom. The average molecular weight is 234 g/mol. The van der Waals surface area contributed by atoms with Gasteiger partial charge in [0, 0.05) is 6.04 Å². The summed E-state index contributed by atoms with van der Waals surface area (Å²) in [7, 11) is 3.87. The number of piperidine rings is 1. The zero-order chi connectivity index (χ0) is 12.3. The molecule has 2 N–H and O–H groups in total. The Morgan fingerprint density at radius 1 is 1.35 bits per heavy atom. The highest BCUT2D eigenvalue weighted by molar-refractivity contribution is 5.30. The molecule has 3 nitrogen and oxygen atoms in total. The predicted molar refractivity (Wildman–Crippen MR) is 70.1 cm³/mol. The fourth-order valence-corrected chi connectivity index (χ4v) is 2.51. The summed E-state index contributed by atoms with van der Waals surface area (Å²) in [5.41, 5.74) is 7.56. The largest absolute Gasteiger partial charge is 0.497 e. The third-order valence-corrected chi connectivity index (χ3v) is 3.75. The molecule has 0 amide bonds. The van der Waals surface area contributed by atoms with Crippen molar-refractivity contribution in [3.8, 4) is 5.75 Å². The van der Waals surface area contributed by atoms with Gasteiger partial charge in [0.1, 0.15) is 5.75 Å². The lowest BCUT2D eigenvalue weighted by Crippen LogP contribution is -2.35. The molecule has 1 heterocycles. The van der Waals surface area contributed by atoms with Crippen LogP contribution in [0.3, 0.4) is 0 Å². The molecule has 1 atom stereocenters. The van der Waals surface area contributed by atoms with E-state index in [9.17, 15) is 0 Å². The molecular weight excluding hydrogens is 212 g/mol. The molecule has 1 aromatic carbocycles. The van der Waals surface area contributed by atoms with Crippen molar-refractivity contribution in [2.75, 3.05) is 27.2 Å². The van der Waals surface area contributed by atoms with Gasteiger partial charge in [-0.15, -0.1) is 0 Å².